The number of anilines is 2. The minimum absolute atomic E-state index is 0.176. The number of sulfonamides is 1. The van der Waals surface area contributed by atoms with Gasteiger partial charge in [-0.05, 0) is 55.7 Å². The van der Waals surface area contributed by atoms with Crippen molar-refractivity contribution in [2.75, 3.05) is 10.5 Å². The fourth-order valence-electron chi connectivity index (χ4n) is 2.01. The standard InChI is InChI=1S/C15H17BrN2O2S/c1-9-5-4-6-14(10(9)2)18-21(19,20)15-8-12(16)7-13(17)11(15)3/h4-8,18H,17H2,1-3H3. The first-order valence-electron chi connectivity index (χ1n) is 6.37. The van der Waals surface area contributed by atoms with Crippen molar-refractivity contribution in [3.63, 3.8) is 0 Å². The topological polar surface area (TPSA) is 72.2 Å². The van der Waals surface area contributed by atoms with E-state index in [1.807, 2.05) is 26.0 Å². The zero-order valence-corrected chi connectivity index (χ0v) is 14.5. The van der Waals surface area contributed by atoms with Gasteiger partial charge in [-0.25, -0.2) is 8.42 Å². The van der Waals surface area contributed by atoms with E-state index in [1.165, 1.54) is 0 Å². The number of aryl methyl sites for hydroxylation is 1. The molecule has 0 radical (unpaired) electrons. The van der Waals surface area contributed by atoms with Gasteiger partial charge in [-0.15, -0.1) is 0 Å². The Balaban J connectivity index is 2.51. The van der Waals surface area contributed by atoms with Crippen molar-refractivity contribution >= 4 is 37.3 Å². The van der Waals surface area contributed by atoms with Crippen molar-refractivity contribution in [1.82, 2.24) is 0 Å². The fraction of sp³-hybridized carbons (Fsp3) is 0.200. The van der Waals surface area contributed by atoms with E-state index in [-0.39, 0.29) is 4.90 Å². The van der Waals surface area contributed by atoms with E-state index in [0.29, 0.717) is 21.4 Å². The number of halogens is 1. The second-order valence-electron chi connectivity index (χ2n) is 4.97. The quantitative estimate of drug-likeness (QED) is 0.810. The Morgan fingerprint density at radius 1 is 1.10 bits per heavy atom. The molecule has 4 nitrogen and oxygen atoms in total. The van der Waals surface area contributed by atoms with Crippen LogP contribution in [-0.2, 0) is 10.0 Å². The molecule has 2 aromatic carbocycles. The Bertz CT molecular complexity index is 802. The highest BCUT2D eigenvalue weighted by molar-refractivity contribution is 9.10. The van der Waals surface area contributed by atoms with Crippen molar-refractivity contribution < 1.29 is 8.42 Å². The first-order valence-corrected chi connectivity index (χ1v) is 8.64. The van der Waals surface area contributed by atoms with Gasteiger partial charge in [0.15, 0.2) is 0 Å². The van der Waals surface area contributed by atoms with Gasteiger partial charge in [-0.3, -0.25) is 4.72 Å². The summed E-state index contributed by atoms with van der Waals surface area (Å²) in [5.41, 5.74) is 9.33. The van der Waals surface area contributed by atoms with E-state index in [0.717, 1.165) is 11.1 Å². The van der Waals surface area contributed by atoms with Crippen LogP contribution in [0.1, 0.15) is 16.7 Å². The van der Waals surface area contributed by atoms with Crippen LogP contribution in [0.3, 0.4) is 0 Å². The van der Waals surface area contributed by atoms with E-state index in [1.54, 1.807) is 25.1 Å². The molecule has 112 valence electrons. The van der Waals surface area contributed by atoms with Crippen LogP contribution in [0.4, 0.5) is 11.4 Å². The average molecular weight is 369 g/mol. The van der Waals surface area contributed by atoms with Gasteiger partial charge in [0.2, 0.25) is 0 Å². The lowest BCUT2D eigenvalue weighted by molar-refractivity contribution is 0.600. The summed E-state index contributed by atoms with van der Waals surface area (Å²) in [5.74, 6) is 0. The van der Waals surface area contributed by atoms with Gasteiger partial charge in [0, 0.05) is 10.2 Å². The zero-order valence-electron chi connectivity index (χ0n) is 12.1. The second-order valence-corrected chi connectivity index (χ2v) is 7.54. The minimum Gasteiger partial charge on any atom is -0.398 e. The maximum absolute atomic E-state index is 12.6. The van der Waals surface area contributed by atoms with Gasteiger partial charge in [0.25, 0.3) is 10.0 Å². The van der Waals surface area contributed by atoms with Crippen molar-refractivity contribution in [2.45, 2.75) is 25.7 Å². The summed E-state index contributed by atoms with van der Waals surface area (Å²) in [6, 6.07) is 8.75. The zero-order chi connectivity index (χ0) is 15.8. The predicted octanol–water partition coefficient (Wildman–Crippen LogP) is 3.76. The molecule has 21 heavy (non-hydrogen) atoms. The summed E-state index contributed by atoms with van der Waals surface area (Å²) in [5, 5.41) is 0. The molecule has 0 bridgehead atoms. The van der Waals surface area contributed by atoms with Crippen molar-refractivity contribution in [3.8, 4) is 0 Å². The number of nitrogens with two attached hydrogens (primary N) is 1. The molecule has 0 atom stereocenters. The molecule has 0 fully saturated rings. The lowest BCUT2D eigenvalue weighted by Crippen LogP contribution is -2.16. The summed E-state index contributed by atoms with van der Waals surface area (Å²) in [7, 11) is -3.69. The number of benzene rings is 2. The summed E-state index contributed by atoms with van der Waals surface area (Å²) in [6.45, 7) is 5.52. The molecule has 0 spiro atoms. The van der Waals surface area contributed by atoms with Gasteiger partial charge in [0.1, 0.15) is 0 Å². The van der Waals surface area contributed by atoms with Crippen LogP contribution < -0.4 is 10.5 Å². The molecular formula is C15H17BrN2O2S. The number of nitrogen functional groups attached to an aromatic ring is 1. The first-order chi connectivity index (χ1) is 9.72. The summed E-state index contributed by atoms with van der Waals surface area (Å²) in [4.78, 5) is 0.176. The molecule has 0 heterocycles. The smallest absolute Gasteiger partial charge is 0.262 e. The predicted molar refractivity (Wildman–Crippen MR) is 90.0 cm³/mol. The average Bonchev–Trinajstić information content (AvgIpc) is 2.39. The van der Waals surface area contributed by atoms with Crippen LogP contribution in [0.15, 0.2) is 39.7 Å². The largest absolute Gasteiger partial charge is 0.398 e. The number of hydrogen-bond acceptors (Lipinski definition) is 3. The van der Waals surface area contributed by atoms with Crippen molar-refractivity contribution in [1.29, 1.82) is 0 Å². The molecule has 0 aromatic heterocycles. The maximum atomic E-state index is 12.6. The van der Waals surface area contributed by atoms with E-state index < -0.39 is 10.0 Å². The number of hydrogen-bond donors (Lipinski definition) is 2. The Kier molecular flexibility index (Phi) is 4.30. The van der Waals surface area contributed by atoms with Crippen LogP contribution in [0.25, 0.3) is 0 Å². The van der Waals surface area contributed by atoms with Crippen LogP contribution in [0, 0.1) is 20.8 Å². The SMILES string of the molecule is Cc1cccc(NS(=O)(=O)c2cc(Br)cc(N)c2C)c1C. The first kappa shape index (κ1) is 15.9. The van der Waals surface area contributed by atoms with Gasteiger partial charge in [0.05, 0.1) is 10.6 Å². The molecule has 0 saturated carbocycles. The molecule has 0 amide bonds. The van der Waals surface area contributed by atoms with E-state index >= 15 is 0 Å². The minimum atomic E-state index is -3.69. The molecule has 0 aliphatic rings. The molecule has 0 unspecified atom stereocenters. The van der Waals surface area contributed by atoms with Crippen LogP contribution in [0.2, 0.25) is 0 Å². The van der Waals surface area contributed by atoms with E-state index in [2.05, 4.69) is 20.7 Å². The Hall–Kier alpha value is -1.53. The van der Waals surface area contributed by atoms with Crippen LogP contribution in [-0.4, -0.2) is 8.42 Å². The molecule has 3 N–H and O–H groups in total. The highest BCUT2D eigenvalue weighted by atomic mass is 79.9. The Labute approximate surface area is 133 Å². The third-order valence-electron chi connectivity index (χ3n) is 3.50. The molecule has 2 aromatic rings. The molecule has 2 rings (SSSR count). The van der Waals surface area contributed by atoms with Crippen LogP contribution >= 0.6 is 15.9 Å². The summed E-state index contributed by atoms with van der Waals surface area (Å²) < 4.78 is 28.5. The van der Waals surface area contributed by atoms with Gasteiger partial charge in [-0.1, -0.05) is 28.1 Å². The fourth-order valence-corrected chi connectivity index (χ4v) is 4.07. The molecule has 6 heteroatoms. The third kappa shape index (κ3) is 3.22. The van der Waals surface area contributed by atoms with Gasteiger partial charge >= 0.3 is 0 Å². The van der Waals surface area contributed by atoms with Gasteiger partial charge in [-0.2, -0.15) is 0 Å². The Morgan fingerprint density at radius 3 is 2.43 bits per heavy atom. The van der Waals surface area contributed by atoms with E-state index in [4.69, 9.17) is 5.73 Å². The summed E-state index contributed by atoms with van der Waals surface area (Å²) in [6.07, 6.45) is 0. The van der Waals surface area contributed by atoms with Gasteiger partial charge < -0.3 is 5.73 Å². The summed E-state index contributed by atoms with van der Waals surface area (Å²) >= 11 is 3.28. The molecule has 0 saturated heterocycles. The maximum Gasteiger partial charge on any atom is 0.262 e. The highest BCUT2D eigenvalue weighted by Gasteiger charge is 2.20. The normalized spacial score (nSPS) is 11.4. The Morgan fingerprint density at radius 2 is 1.76 bits per heavy atom. The van der Waals surface area contributed by atoms with Crippen molar-refractivity contribution in [2.24, 2.45) is 0 Å². The molecule has 0 aliphatic carbocycles. The lowest BCUT2D eigenvalue weighted by Gasteiger charge is -2.15. The molecule has 0 aliphatic heterocycles. The van der Waals surface area contributed by atoms with Crippen molar-refractivity contribution in [3.05, 3.63) is 51.5 Å². The highest BCUT2D eigenvalue weighted by Crippen LogP contribution is 2.29. The third-order valence-corrected chi connectivity index (χ3v) is 5.45. The van der Waals surface area contributed by atoms with Crippen LogP contribution in [0.5, 0.6) is 0 Å². The second kappa shape index (κ2) is 5.69. The lowest BCUT2D eigenvalue weighted by atomic mass is 10.1. The van der Waals surface area contributed by atoms with E-state index in [9.17, 15) is 8.42 Å². The monoisotopic (exact) mass is 368 g/mol. The number of rotatable bonds is 3. The molecular weight excluding hydrogens is 352 g/mol. The number of nitrogens with one attached hydrogen (secondary N) is 1.